The Morgan fingerprint density at radius 2 is 1.89 bits per heavy atom. The standard InChI is InChI=1S/C15H25ClN2O/c1-11(8-12(2)19)18-15(3,10-17)9-13-4-6-14(16)7-5-13/h4-7,11-12,18-19H,8-10,17H2,1-3H3. The highest BCUT2D eigenvalue weighted by atomic mass is 35.5. The number of halogens is 1. The molecule has 3 atom stereocenters. The van der Waals surface area contributed by atoms with Gasteiger partial charge in [0, 0.05) is 23.1 Å². The lowest BCUT2D eigenvalue weighted by atomic mass is 9.91. The van der Waals surface area contributed by atoms with Gasteiger partial charge in [-0.25, -0.2) is 0 Å². The van der Waals surface area contributed by atoms with Crippen LogP contribution >= 0.6 is 11.6 Å². The van der Waals surface area contributed by atoms with Crippen molar-refractivity contribution in [1.82, 2.24) is 5.32 Å². The lowest BCUT2D eigenvalue weighted by Gasteiger charge is -2.33. The van der Waals surface area contributed by atoms with Crippen LogP contribution in [0.15, 0.2) is 24.3 Å². The zero-order chi connectivity index (χ0) is 14.5. The van der Waals surface area contributed by atoms with Crippen molar-refractivity contribution in [3.63, 3.8) is 0 Å². The van der Waals surface area contributed by atoms with E-state index in [2.05, 4.69) is 19.2 Å². The van der Waals surface area contributed by atoms with Crippen molar-refractivity contribution in [2.75, 3.05) is 6.54 Å². The van der Waals surface area contributed by atoms with E-state index in [1.165, 1.54) is 5.56 Å². The second-order valence-corrected chi connectivity index (χ2v) is 6.13. The first-order chi connectivity index (χ1) is 8.84. The zero-order valence-electron chi connectivity index (χ0n) is 12.0. The number of aliphatic hydroxyl groups is 1. The van der Waals surface area contributed by atoms with Crippen molar-refractivity contribution in [2.45, 2.75) is 51.3 Å². The van der Waals surface area contributed by atoms with Crippen molar-refractivity contribution >= 4 is 11.6 Å². The van der Waals surface area contributed by atoms with Crippen molar-refractivity contribution in [2.24, 2.45) is 5.73 Å². The van der Waals surface area contributed by atoms with Gasteiger partial charge in [-0.05, 0) is 51.3 Å². The molecule has 0 aliphatic carbocycles. The highest BCUT2D eigenvalue weighted by Crippen LogP contribution is 2.17. The van der Waals surface area contributed by atoms with Crippen LogP contribution in [0.25, 0.3) is 0 Å². The molecule has 108 valence electrons. The van der Waals surface area contributed by atoms with E-state index in [1.807, 2.05) is 24.3 Å². The molecule has 0 radical (unpaired) electrons. The number of nitrogens with two attached hydrogens (primary N) is 1. The second-order valence-electron chi connectivity index (χ2n) is 5.70. The predicted octanol–water partition coefficient (Wildman–Crippen LogP) is 2.35. The number of hydrogen-bond acceptors (Lipinski definition) is 3. The van der Waals surface area contributed by atoms with E-state index < -0.39 is 0 Å². The maximum Gasteiger partial charge on any atom is 0.0526 e. The van der Waals surface area contributed by atoms with Crippen molar-refractivity contribution in [1.29, 1.82) is 0 Å². The molecular formula is C15H25ClN2O. The fourth-order valence-corrected chi connectivity index (χ4v) is 2.53. The van der Waals surface area contributed by atoms with E-state index in [9.17, 15) is 5.11 Å². The van der Waals surface area contributed by atoms with Gasteiger partial charge in [-0.3, -0.25) is 0 Å². The Kier molecular flexibility index (Phi) is 6.27. The molecule has 4 heteroatoms. The highest BCUT2D eigenvalue weighted by molar-refractivity contribution is 6.30. The van der Waals surface area contributed by atoms with Crippen LogP contribution in [0.1, 0.15) is 32.8 Å². The Hall–Kier alpha value is -0.610. The van der Waals surface area contributed by atoms with Crippen LogP contribution in [0.3, 0.4) is 0 Å². The van der Waals surface area contributed by atoms with E-state index in [-0.39, 0.29) is 17.7 Å². The van der Waals surface area contributed by atoms with E-state index in [0.29, 0.717) is 6.54 Å². The van der Waals surface area contributed by atoms with Crippen LogP contribution in [0.2, 0.25) is 5.02 Å². The Morgan fingerprint density at radius 3 is 2.37 bits per heavy atom. The Bertz CT molecular complexity index is 380. The molecule has 0 amide bonds. The summed E-state index contributed by atoms with van der Waals surface area (Å²) in [6, 6.07) is 8.06. The lowest BCUT2D eigenvalue weighted by Crippen LogP contribution is -2.54. The minimum absolute atomic E-state index is 0.178. The van der Waals surface area contributed by atoms with E-state index >= 15 is 0 Å². The summed E-state index contributed by atoms with van der Waals surface area (Å²) in [6.07, 6.45) is 1.25. The SMILES string of the molecule is CC(O)CC(C)NC(C)(CN)Cc1ccc(Cl)cc1. The highest BCUT2D eigenvalue weighted by Gasteiger charge is 2.25. The first kappa shape index (κ1) is 16.4. The largest absolute Gasteiger partial charge is 0.393 e. The summed E-state index contributed by atoms with van der Waals surface area (Å²) in [7, 11) is 0. The quantitative estimate of drug-likeness (QED) is 0.720. The van der Waals surface area contributed by atoms with Crippen LogP contribution in [0, 0.1) is 0 Å². The third kappa shape index (κ3) is 5.91. The van der Waals surface area contributed by atoms with Crippen LogP contribution in [-0.4, -0.2) is 29.3 Å². The van der Waals surface area contributed by atoms with Gasteiger partial charge in [-0.15, -0.1) is 0 Å². The number of hydrogen-bond donors (Lipinski definition) is 3. The van der Waals surface area contributed by atoms with Gasteiger partial charge >= 0.3 is 0 Å². The first-order valence-electron chi connectivity index (χ1n) is 6.75. The molecule has 0 fully saturated rings. The normalized spacial score (nSPS) is 17.8. The summed E-state index contributed by atoms with van der Waals surface area (Å²) in [5, 5.41) is 13.7. The van der Waals surface area contributed by atoms with E-state index in [0.717, 1.165) is 17.9 Å². The summed E-state index contributed by atoms with van der Waals surface area (Å²) in [6.45, 7) is 6.53. The summed E-state index contributed by atoms with van der Waals surface area (Å²) < 4.78 is 0. The second kappa shape index (κ2) is 7.25. The molecule has 4 N–H and O–H groups in total. The first-order valence-corrected chi connectivity index (χ1v) is 7.13. The summed E-state index contributed by atoms with van der Waals surface area (Å²) in [5.74, 6) is 0. The Morgan fingerprint density at radius 1 is 1.32 bits per heavy atom. The van der Waals surface area contributed by atoms with Gasteiger partial charge in [-0.1, -0.05) is 23.7 Å². The average molecular weight is 285 g/mol. The van der Waals surface area contributed by atoms with Gasteiger partial charge in [0.05, 0.1) is 6.10 Å². The molecule has 0 saturated heterocycles. The molecule has 3 nitrogen and oxygen atoms in total. The van der Waals surface area contributed by atoms with Gasteiger partial charge in [0.25, 0.3) is 0 Å². The number of aliphatic hydroxyl groups excluding tert-OH is 1. The van der Waals surface area contributed by atoms with Crippen molar-refractivity contribution in [3.8, 4) is 0 Å². The molecule has 0 saturated carbocycles. The van der Waals surface area contributed by atoms with Gasteiger partial charge in [0.15, 0.2) is 0 Å². The predicted molar refractivity (Wildman–Crippen MR) is 81.5 cm³/mol. The minimum Gasteiger partial charge on any atom is -0.393 e. The fourth-order valence-electron chi connectivity index (χ4n) is 2.40. The molecule has 1 aromatic carbocycles. The topological polar surface area (TPSA) is 58.3 Å². The van der Waals surface area contributed by atoms with Gasteiger partial charge < -0.3 is 16.2 Å². The monoisotopic (exact) mass is 284 g/mol. The van der Waals surface area contributed by atoms with Crippen LogP contribution in [0.4, 0.5) is 0 Å². The number of nitrogens with one attached hydrogen (secondary N) is 1. The van der Waals surface area contributed by atoms with Crippen molar-refractivity contribution < 1.29 is 5.11 Å². The smallest absolute Gasteiger partial charge is 0.0526 e. The summed E-state index contributed by atoms with van der Waals surface area (Å²) in [4.78, 5) is 0. The van der Waals surface area contributed by atoms with E-state index in [4.69, 9.17) is 17.3 Å². The third-order valence-electron chi connectivity index (χ3n) is 3.25. The zero-order valence-corrected chi connectivity index (χ0v) is 12.7. The van der Waals surface area contributed by atoms with Gasteiger partial charge in [0.2, 0.25) is 0 Å². The summed E-state index contributed by atoms with van der Waals surface area (Å²) >= 11 is 5.89. The maximum atomic E-state index is 9.43. The molecular weight excluding hydrogens is 260 g/mol. The summed E-state index contributed by atoms with van der Waals surface area (Å²) in [5.41, 5.74) is 6.94. The molecule has 19 heavy (non-hydrogen) atoms. The molecule has 0 bridgehead atoms. The lowest BCUT2D eigenvalue weighted by molar-refractivity contribution is 0.161. The Labute approximate surface area is 121 Å². The molecule has 0 aromatic heterocycles. The van der Waals surface area contributed by atoms with Gasteiger partial charge in [0.1, 0.15) is 0 Å². The van der Waals surface area contributed by atoms with Crippen LogP contribution in [-0.2, 0) is 6.42 Å². The molecule has 0 spiro atoms. The number of benzene rings is 1. The molecule has 0 aliphatic rings. The fraction of sp³-hybridized carbons (Fsp3) is 0.600. The van der Waals surface area contributed by atoms with Gasteiger partial charge in [-0.2, -0.15) is 0 Å². The number of rotatable bonds is 7. The Balaban J connectivity index is 2.66. The molecule has 1 rings (SSSR count). The maximum absolute atomic E-state index is 9.43. The minimum atomic E-state index is -0.306. The van der Waals surface area contributed by atoms with Crippen LogP contribution < -0.4 is 11.1 Å². The average Bonchev–Trinajstić information content (AvgIpc) is 2.31. The third-order valence-corrected chi connectivity index (χ3v) is 3.50. The van der Waals surface area contributed by atoms with Crippen LogP contribution in [0.5, 0.6) is 0 Å². The molecule has 3 unspecified atom stereocenters. The molecule has 0 aliphatic heterocycles. The van der Waals surface area contributed by atoms with Crippen molar-refractivity contribution in [3.05, 3.63) is 34.9 Å². The molecule has 1 aromatic rings. The van der Waals surface area contributed by atoms with E-state index in [1.54, 1.807) is 6.92 Å². The molecule has 0 heterocycles.